The van der Waals surface area contributed by atoms with Gasteiger partial charge in [0.1, 0.15) is 0 Å². The van der Waals surface area contributed by atoms with Crippen LogP contribution in [0, 0.1) is 6.92 Å². The molecule has 0 bridgehead atoms. The first-order chi connectivity index (χ1) is 10.6. The maximum Gasteiger partial charge on any atom is 0.317 e. The molecule has 7 heteroatoms. The second-order valence-electron chi connectivity index (χ2n) is 6.07. The second-order valence-corrected chi connectivity index (χ2v) is 6.07. The average Bonchev–Trinajstić information content (AvgIpc) is 3.13. The van der Waals surface area contributed by atoms with E-state index in [2.05, 4.69) is 10.4 Å². The maximum absolute atomic E-state index is 12.3. The second kappa shape index (κ2) is 6.37. The van der Waals surface area contributed by atoms with Crippen molar-refractivity contribution >= 4 is 11.9 Å². The fourth-order valence-corrected chi connectivity index (χ4v) is 3.22. The summed E-state index contributed by atoms with van der Waals surface area (Å²) in [4.78, 5) is 27.8. The monoisotopic (exact) mass is 305 g/mol. The molecule has 3 amide bonds. The van der Waals surface area contributed by atoms with Gasteiger partial charge in [0.15, 0.2) is 0 Å². The summed E-state index contributed by atoms with van der Waals surface area (Å²) in [5, 5.41) is 7.04. The summed E-state index contributed by atoms with van der Waals surface area (Å²) < 4.78 is 1.81. The normalized spacial score (nSPS) is 19.6. The van der Waals surface area contributed by atoms with Gasteiger partial charge in [0.05, 0.1) is 6.20 Å². The maximum atomic E-state index is 12.3. The van der Waals surface area contributed by atoms with Gasteiger partial charge >= 0.3 is 6.03 Å². The number of carbonyl (C=O) groups excluding carboxylic acids is 2. The van der Waals surface area contributed by atoms with Gasteiger partial charge in [-0.25, -0.2) is 4.79 Å². The molecule has 0 saturated carbocycles. The number of nitrogens with zero attached hydrogens (tertiary/aromatic N) is 4. The number of likely N-dealkylation sites (tertiary alicyclic amines) is 1. The highest BCUT2D eigenvalue weighted by atomic mass is 16.2. The summed E-state index contributed by atoms with van der Waals surface area (Å²) in [6.07, 6.45) is 5.98. The number of aryl methyl sites for hydroxylation is 2. The standard InChI is InChI=1S/C15H23N5O2/c1-12-10-17-19(11-12)8-4-14(21)18-6-2-13(3-7-18)20-9-5-16-15(20)22/h10-11,13H,2-9H2,1H3,(H,16,22). The van der Waals surface area contributed by atoms with E-state index in [1.165, 1.54) is 0 Å². The van der Waals surface area contributed by atoms with E-state index in [-0.39, 0.29) is 18.0 Å². The molecule has 1 aromatic heterocycles. The number of carbonyl (C=O) groups is 2. The average molecular weight is 305 g/mol. The van der Waals surface area contributed by atoms with Crippen LogP contribution < -0.4 is 5.32 Å². The Hall–Kier alpha value is -2.05. The lowest BCUT2D eigenvalue weighted by atomic mass is 10.0. The molecular formula is C15H23N5O2. The van der Waals surface area contributed by atoms with Crippen LogP contribution in [0.1, 0.15) is 24.8 Å². The third kappa shape index (κ3) is 3.23. The van der Waals surface area contributed by atoms with Crippen LogP contribution in [0.15, 0.2) is 12.4 Å². The Balaban J connectivity index is 1.44. The minimum Gasteiger partial charge on any atom is -0.342 e. The van der Waals surface area contributed by atoms with Crippen LogP contribution in [-0.4, -0.2) is 63.7 Å². The van der Waals surface area contributed by atoms with Gasteiger partial charge in [-0.05, 0) is 25.3 Å². The first kappa shape index (κ1) is 14.9. The highest BCUT2D eigenvalue weighted by Gasteiger charge is 2.31. The molecule has 0 aromatic carbocycles. The molecule has 7 nitrogen and oxygen atoms in total. The molecule has 2 fully saturated rings. The van der Waals surface area contributed by atoms with Crippen molar-refractivity contribution in [2.75, 3.05) is 26.2 Å². The predicted molar refractivity (Wildman–Crippen MR) is 81.3 cm³/mol. The van der Waals surface area contributed by atoms with Crippen molar-refractivity contribution in [3.8, 4) is 0 Å². The number of piperidine rings is 1. The quantitative estimate of drug-likeness (QED) is 0.885. The zero-order valence-electron chi connectivity index (χ0n) is 13.0. The number of hydrogen-bond donors (Lipinski definition) is 1. The van der Waals surface area contributed by atoms with Crippen LogP contribution in [0.25, 0.3) is 0 Å². The highest BCUT2D eigenvalue weighted by molar-refractivity contribution is 5.77. The largest absolute Gasteiger partial charge is 0.342 e. The van der Waals surface area contributed by atoms with Gasteiger partial charge in [0.25, 0.3) is 0 Å². The lowest BCUT2D eigenvalue weighted by molar-refractivity contribution is -0.132. The van der Waals surface area contributed by atoms with Gasteiger partial charge in [-0.3, -0.25) is 9.48 Å². The van der Waals surface area contributed by atoms with Crippen LogP contribution in [-0.2, 0) is 11.3 Å². The molecule has 3 rings (SSSR count). The molecule has 2 saturated heterocycles. The molecule has 0 aliphatic carbocycles. The first-order valence-electron chi connectivity index (χ1n) is 7.95. The van der Waals surface area contributed by atoms with Gasteiger partial charge in [0.2, 0.25) is 5.91 Å². The molecule has 120 valence electrons. The number of amides is 3. The van der Waals surface area contributed by atoms with Crippen LogP contribution in [0.2, 0.25) is 0 Å². The fourth-order valence-electron chi connectivity index (χ4n) is 3.22. The summed E-state index contributed by atoms with van der Waals surface area (Å²) >= 11 is 0. The number of hydrogen-bond acceptors (Lipinski definition) is 3. The van der Waals surface area contributed by atoms with Crippen molar-refractivity contribution < 1.29 is 9.59 Å². The molecule has 2 aliphatic rings. The predicted octanol–water partition coefficient (Wildman–Crippen LogP) is 0.598. The SMILES string of the molecule is Cc1cnn(CCC(=O)N2CCC(N3CCNC3=O)CC2)c1. The van der Waals surface area contributed by atoms with E-state index in [1.807, 2.05) is 27.6 Å². The summed E-state index contributed by atoms with van der Waals surface area (Å²) in [7, 11) is 0. The van der Waals surface area contributed by atoms with Gasteiger partial charge in [0, 0.05) is 51.4 Å². The van der Waals surface area contributed by atoms with Gasteiger partial charge < -0.3 is 15.1 Å². The van der Waals surface area contributed by atoms with E-state index in [4.69, 9.17) is 0 Å². The van der Waals surface area contributed by atoms with Crippen LogP contribution >= 0.6 is 0 Å². The Morgan fingerprint density at radius 1 is 1.36 bits per heavy atom. The molecule has 0 spiro atoms. The first-order valence-corrected chi connectivity index (χ1v) is 7.95. The Morgan fingerprint density at radius 2 is 2.14 bits per heavy atom. The Bertz CT molecular complexity index is 548. The van der Waals surface area contributed by atoms with E-state index in [9.17, 15) is 9.59 Å². The molecule has 1 N–H and O–H groups in total. The van der Waals surface area contributed by atoms with Gasteiger partial charge in [-0.1, -0.05) is 0 Å². The lowest BCUT2D eigenvalue weighted by Crippen LogP contribution is -2.47. The van der Waals surface area contributed by atoms with Crippen molar-refractivity contribution in [3.05, 3.63) is 18.0 Å². The van der Waals surface area contributed by atoms with Crippen LogP contribution in [0.5, 0.6) is 0 Å². The molecule has 22 heavy (non-hydrogen) atoms. The van der Waals surface area contributed by atoms with Crippen molar-refractivity contribution in [2.45, 2.75) is 38.8 Å². The van der Waals surface area contributed by atoms with E-state index in [1.54, 1.807) is 6.20 Å². The van der Waals surface area contributed by atoms with E-state index >= 15 is 0 Å². The number of urea groups is 1. The minimum atomic E-state index is 0.0406. The highest BCUT2D eigenvalue weighted by Crippen LogP contribution is 2.18. The number of rotatable bonds is 4. The lowest BCUT2D eigenvalue weighted by Gasteiger charge is -2.36. The summed E-state index contributed by atoms with van der Waals surface area (Å²) in [5.74, 6) is 0.178. The summed E-state index contributed by atoms with van der Waals surface area (Å²) in [6, 6.07) is 0.319. The Morgan fingerprint density at radius 3 is 2.73 bits per heavy atom. The number of aromatic nitrogens is 2. The molecule has 1 aromatic rings. The molecule has 0 unspecified atom stereocenters. The smallest absolute Gasteiger partial charge is 0.317 e. The Kier molecular flexibility index (Phi) is 4.31. The fraction of sp³-hybridized carbons (Fsp3) is 0.667. The van der Waals surface area contributed by atoms with Crippen LogP contribution in [0.4, 0.5) is 4.79 Å². The third-order valence-electron chi connectivity index (χ3n) is 4.46. The molecule has 3 heterocycles. The van der Waals surface area contributed by atoms with Crippen molar-refractivity contribution in [2.24, 2.45) is 0 Å². The topological polar surface area (TPSA) is 70.5 Å². The van der Waals surface area contributed by atoms with Gasteiger partial charge in [-0.2, -0.15) is 5.10 Å². The van der Waals surface area contributed by atoms with Crippen molar-refractivity contribution in [1.82, 2.24) is 24.9 Å². The van der Waals surface area contributed by atoms with Crippen molar-refractivity contribution in [1.29, 1.82) is 0 Å². The number of nitrogens with one attached hydrogen (secondary N) is 1. The zero-order valence-corrected chi connectivity index (χ0v) is 13.0. The van der Waals surface area contributed by atoms with Crippen LogP contribution in [0.3, 0.4) is 0 Å². The molecule has 0 atom stereocenters. The molecule has 0 radical (unpaired) electrons. The van der Waals surface area contributed by atoms with E-state index < -0.39 is 0 Å². The summed E-state index contributed by atoms with van der Waals surface area (Å²) in [5.41, 5.74) is 1.11. The van der Waals surface area contributed by atoms with E-state index in [0.717, 1.165) is 44.6 Å². The summed E-state index contributed by atoms with van der Waals surface area (Å²) in [6.45, 7) is 5.62. The van der Waals surface area contributed by atoms with Gasteiger partial charge in [-0.15, -0.1) is 0 Å². The Labute approximate surface area is 130 Å². The molecule has 2 aliphatic heterocycles. The van der Waals surface area contributed by atoms with E-state index in [0.29, 0.717) is 13.0 Å². The minimum absolute atomic E-state index is 0.0406. The zero-order chi connectivity index (χ0) is 15.5. The van der Waals surface area contributed by atoms with Crippen molar-refractivity contribution in [3.63, 3.8) is 0 Å². The third-order valence-corrected chi connectivity index (χ3v) is 4.46. The molecular weight excluding hydrogens is 282 g/mol.